The molecule has 0 atom stereocenters. The van der Waals surface area contributed by atoms with Crippen molar-refractivity contribution in [3.63, 3.8) is 0 Å². The number of ether oxygens (including phenoxy) is 3. The molecule has 0 aromatic heterocycles. The summed E-state index contributed by atoms with van der Waals surface area (Å²) in [6.07, 6.45) is 0.281. The van der Waals surface area contributed by atoms with Crippen molar-refractivity contribution in [3.8, 4) is 11.5 Å². The molecule has 0 heterocycles. The highest BCUT2D eigenvalue weighted by Gasteiger charge is 2.15. The Kier molecular flexibility index (Phi) is 12.4. The van der Waals surface area contributed by atoms with Gasteiger partial charge in [-0.2, -0.15) is 0 Å². The zero-order chi connectivity index (χ0) is 20.3. The minimum Gasteiger partial charge on any atom is -0.493 e. The fourth-order valence-electron chi connectivity index (χ4n) is 2.13. The lowest BCUT2D eigenvalue weighted by atomic mass is 10.2. The van der Waals surface area contributed by atoms with Crippen LogP contribution in [0.25, 0.3) is 0 Å². The average Bonchev–Trinajstić information content (AvgIpc) is 2.59. The molecule has 9 heteroatoms. The molecule has 0 aliphatic carbocycles. The summed E-state index contributed by atoms with van der Waals surface area (Å²) in [5.41, 5.74) is 0.336. The number of alkyl carbamates (subject to hydrolysis) is 1. The molecule has 3 N–H and O–H groups in total. The molecule has 0 aliphatic heterocycles. The van der Waals surface area contributed by atoms with Crippen molar-refractivity contribution in [3.05, 3.63) is 18.2 Å². The van der Waals surface area contributed by atoms with Crippen molar-refractivity contribution in [2.45, 2.75) is 39.7 Å². The minimum absolute atomic E-state index is 0. The number of carbonyl (C=O) groups is 1. The van der Waals surface area contributed by atoms with Crippen molar-refractivity contribution < 1.29 is 19.0 Å². The van der Waals surface area contributed by atoms with Gasteiger partial charge in [0.25, 0.3) is 0 Å². The van der Waals surface area contributed by atoms with Gasteiger partial charge in [0, 0.05) is 31.4 Å². The summed E-state index contributed by atoms with van der Waals surface area (Å²) in [7, 11) is 3.19. The van der Waals surface area contributed by atoms with Crippen molar-refractivity contribution in [2.24, 2.45) is 4.99 Å². The Bertz CT molecular complexity index is 633. The lowest BCUT2D eigenvalue weighted by Crippen LogP contribution is -2.33. The van der Waals surface area contributed by atoms with Crippen LogP contribution in [0.4, 0.5) is 10.5 Å². The van der Waals surface area contributed by atoms with Gasteiger partial charge in [-0.25, -0.2) is 4.79 Å². The Morgan fingerprint density at radius 1 is 1.11 bits per heavy atom. The minimum atomic E-state index is -0.496. The number of anilines is 1. The van der Waals surface area contributed by atoms with Crippen molar-refractivity contribution in [2.75, 3.05) is 39.2 Å². The van der Waals surface area contributed by atoms with Gasteiger partial charge in [-0.3, -0.25) is 4.99 Å². The summed E-state index contributed by atoms with van der Waals surface area (Å²) >= 11 is 0. The number of guanidine groups is 1. The summed E-state index contributed by atoms with van der Waals surface area (Å²) < 4.78 is 15.7. The number of hydrogen-bond acceptors (Lipinski definition) is 5. The normalized spacial score (nSPS) is 11.1. The van der Waals surface area contributed by atoms with Crippen molar-refractivity contribution in [1.29, 1.82) is 0 Å². The predicted molar refractivity (Wildman–Crippen MR) is 123 cm³/mol. The maximum atomic E-state index is 11.6. The van der Waals surface area contributed by atoms with Gasteiger partial charge in [0.2, 0.25) is 0 Å². The highest BCUT2D eigenvalue weighted by Crippen LogP contribution is 2.29. The monoisotopic (exact) mass is 508 g/mol. The molecule has 8 nitrogen and oxygen atoms in total. The van der Waals surface area contributed by atoms with Crippen LogP contribution in [0.2, 0.25) is 0 Å². The van der Waals surface area contributed by atoms with E-state index in [2.05, 4.69) is 20.9 Å². The van der Waals surface area contributed by atoms with E-state index in [1.54, 1.807) is 14.2 Å². The molecule has 0 fully saturated rings. The Balaban J connectivity index is 0.00000729. The maximum Gasteiger partial charge on any atom is 0.407 e. The molecule has 1 rings (SSSR count). The summed E-state index contributed by atoms with van der Waals surface area (Å²) in [4.78, 5) is 16.1. The first-order valence-electron chi connectivity index (χ1n) is 9.03. The number of aliphatic imine (C=N–C) groups is 1. The Labute approximate surface area is 184 Å². The molecule has 1 aromatic rings. The molecule has 160 valence electrons. The first kappa shape index (κ1) is 26.1. The molecule has 0 radical (unpaired) electrons. The number of benzene rings is 1. The Morgan fingerprint density at radius 2 is 1.79 bits per heavy atom. The summed E-state index contributed by atoms with van der Waals surface area (Å²) in [6, 6.07) is 5.56. The van der Waals surface area contributed by atoms with Gasteiger partial charge in [-0.15, -0.1) is 24.0 Å². The quantitative estimate of drug-likeness (QED) is 0.215. The first-order chi connectivity index (χ1) is 12.8. The lowest BCUT2D eigenvalue weighted by Gasteiger charge is -2.19. The fourth-order valence-corrected chi connectivity index (χ4v) is 2.13. The highest BCUT2D eigenvalue weighted by molar-refractivity contribution is 14.0. The van der Waals surface area contributed by atoms with Crippen LogP contribution < -0.4 is 25.4 Å². The third-order valence-electron chi connectivity index (χ3n) is 3.26. The van der Waals surface area contributed by atoms with Gasteiger partial charge in [0.1, 0.15) is 5.60 Å². The van der Waals surface area contributed by atoms with Crippen LogP contribution in [0.3, 0.4) is 0 Å². The molecule has 0 saturated heterocycles. The molecular formula is C19H33IN4O4. The van der Waals surface area contributed by atoms with Gasteiger partial charge in [-0.05, 0) is 46.2 Å². The van der Waals surface area contributed by atoms with E-state index in [4.69, 9.17) is 14.2 Å². The van der Waals surface area contributed by atoms with Gasteiger partial charge in [0.15, 0.2) is 17.5 Å². The van der Waals surface area contributed by atoms with Crippen LogP contribution in [0, 0.1) is 0 Å². The van der Waals surface area contributed by atoms with Crippen LogP contribution in [0.15, 0.2) is 23.2 Å². The van der Waals surface area contributed by atoms with E-state index in [0.717, 1.165) is 12.2 Å². The highest BCUT2D eigenvalue weighted by atomic mass is 127. The third-order valence-corrected chi connectivity index (χ3v) is 3.26. The van der Waals surface area contributed by atoms with E-state index in [1.807, 2.05) is 45.9 Å². The molecule has 0 bridgehead atoms. The Morgan fingerprint density at radius 3 is 2.36 bits per heavy atom. The number of nitrogens with one attached hydrogen (secondary N) is 3. The molecule has 1 aromatic carbocycles. The molecule has 28 heavy (non-hydrogen) atoms. The zero-order valence-electron chi connectivity index (χ0n) is 17.5. The second-order valence-electron chi connectivity index (χ2n) is 6.74. The number of carbonyl (C=O) groups excluding carboxylic acids is 1. The number of amides is 1. The lowest BCUT2D eigenvalue weighted by molar-refractivity contribution is 0.0527. The third kappa shape index (κ3) is 10.4. The van der Waals surface area contributed by atoms with Crippen LogP contribution in [0.1, 0.15) is 34.1 Å². The Hall–Kier alpha value is -1.91. The van der Waals surface area contributed by atoms with E-state index >= 15 is 0 Å². The van der Waals surface area contributed by atoms with Crippen LogP contribution >= 0.6 is 24.0 Å². The van der Waals surface area contributed by atoms with Crippen LogP contribution in [0.5, 0.6) is 11.5 Å². The largest absolute Gasteiger partial charge is 0.493 e. The van der Waals surface area contributed by atoms with Crippen molar-refractivity contribution in [1.82, 2.24) is 10.6 Å². The van der Waals surface area contributed by atoms with E-state index < -0.39 is 11.7 Å². The number of hydrogen-bond donors (Lipinski definition) is 3. The van der Waals surface area contributed by atoms with Gasteiger partial charge in [0.05, 0.1) is 14.2 Å². The van der Waals surface area contributed by atoms with E-state index in [1.165, 1.54) is 0 Å². The van der Waals surface area contributed by atoms with E-state index in [9.17, 15) is 4.79 Å². The average molecular weight is 508 g/mol. The molecular weight excluding hydrogens is 475 g/mol. The molecule has 1 amide bonds. The topological polar surface area (TPSA) is 93.2 Å². The number of nitrogens with zero attached hydrogens (tertiary/aromatic N) is 1. The zero-order valence-corrected chi connectivity index (χ0v) is 19.9. The number of methoxy groups -OCH3 is 2. The van der Waals surface area contributed by atoms with Gasteiger partial charge >= 0.3 is 6.09 Å². The first-order valence-corrected chi connectivity index (χ1v) is 9.03. The molecule has 0 saturated carbocycles. The van der Waals surface area contributed by atoms with Crippen LogP contribution in [-0.4, -0.2) is 51.5 Å². The number of rotatable bonds is 8. The summed E-state index contributed by atoms with van der Waals surface area (Å²) in [6.45, 7) is 9.27. The SMILES string of the molecule is CCNC(=NCCCNC(=O)OC(C)(C)C)Nc1ccc(OC)c(OC)c1.I. The van der Waals surface area contributed by atoms with E-state index in [-0.39, 0.29) is 24.0 Å². The molecule has 0 aliphatic rings. The predicted octanol–water partition coefficient (Wildman–Crippen LogP) is 3.61. The smallest absolute Gasteiger partial charge is 0.407 e. The second kappa shape index (κ2) is 13.3. The van der Waals surface area contributed by atoms with E-state index in [0.29, 0.717) is 37.0 Å². The summed E-state index contributed by atoms with van der Waals surface area (Å²) in [5.74, 6) is 1.96. The molecule has 0 spiro atoms. The fraction of sp³-hybridized carbons (Fsp3) is 0.579. The van der Waals surface area contributed by atoms with Crippen LogP contribution in [-0.2, 0) is 4.74 Å². The number of halogens is 1. The standard InChI is InChI=1S/C19H32N4O4.HI/c1-7-20-17(21-11-8-12-22-18(24)27-19(2,3)4)23-14-9-10-15(25-5)16(13-14)26-6;/h9-10,13H,7-8,11-12H2,1-6H3,(H,22,24)(H2,20,21,23);1H. The van der Waals surface area contributed by atoms with Gasteiger partial charge in [-0.1, -0.05) is 0 Å². The maximum absolute atomic E-state index is 11.6. The second-order valence-corrected chi connectivity index (χ2v) is 6.74. The molecule has 0 unspecified atom stereocenters. The van der Waals surface area contributed by atoms with Crippen molar-refractivity contribution >= 4 is 41.7 Å². The summed E-state index contributed by atoms with van der Waals surface area (Å²) in [5, 5.41) is 9.13. The van der Waals surface area contributed by atoms with Gasteiger partial charge < -0.3 is 30.2 Å².